The van der Waals surface area contributed by atoms with Gasteiger partial charge in [-0.2, -0.15) is 13.2 Å². The second-order valence-electron chi connectivity index (χ2n) is 9.69. The van der Waals surface area contributed by atoms with Crippen LogP contribution in [0.5, 0.6) is 5.75 Å². The maximum absolute atomic E-state index is 13.3. The molecule has 38 heavy (non-hydrogen) atoms. The molecule has 0 saturated carbocycles. The number of carbonyl (C=O) groups is 2. The highest BCUT2D eigenvalue weighted by Crippen LogP contribution is 2.28. The van der Waals surface area contributed by atoms with E-state index in [0.29, 0.717) is 17.7 Å². The van der Waals surface area contributed by atoms with Crippen molar-refractivity contribution in [1.29, 1.82) is 0 Å². The van der Waals surface area contributed by atoms with Gasteiger partial charge in [-0.1, -0.05) is 78.1 Å². The van der Waals surface area contributed by atoms with Gasteiger partial charge in [0.2, 0.25) is 0 Å². The van der Waals surface area contributed by atoms with Crippen molar-refractivity contribution in [2.75, 3.05) is 0 Å². The van der Waals surface area contributed by atoms with Crippen molar-refractivity contribution < 1.29 is 32.2 Å². The molecule has 0 fully saturated rings. The normalized spacial score (nSPS) is 12.3. The second kappa shape index (κ2) is 17.3. The van der Waals surface area contributed by atoms with Gasteiger partial charge in [0.15, 0.2) is 6.10 Å². The van der Waals surface area contributed by atoms with Crippen LogP contribution in [0.1, 0.15) is 122 Å². The summed E-state index contributed by atoms with van der Waals surface area (Å²) in [5.74, 6) is -1.35. The van der Waals surface area contributed by atoms with Crippen LogP contribution in [-0.4, -0.2) is 24.2 Å². The molecule has 8 heteroatoms. The third-order valence-corrected chi connectivity index (χ3v) is 7.50. The zero-order valence-corrected chi connectivity index (χ0v) is 23.4. The summed E-state index contributed by atoms with van der Waals surface area (Å²) in [5, 5.41) is 0. The number of alkyl halides is 3. The molecule has 2 rings (SSSR count). The molecule has 0 aliphatic rings. The fourth-order valence-corrected chi connectivity index (χ4v) is 5.04. The third kappa shape index (κ3) is 12.0. The van der Waals surface area contributed by atoms with Crippen molar-refractivity contribution >= 4 is 23.3 Å². The smallest absolute Gasteiger partial charge is 0.425 e. The average molecular weight is 555 g/mol. The number of esters is 2. The second-order valence-corrected chi connectivity index (χ2v) is 10.9. The molecule has 0 aliphatic carbocycles. The molecule has 0 N–H and O–H groups in total. The predicted octanol–water partition coefficient (Wildman–Crippen LogP) is 9.71. The highest BCUT2D eigenvalue weighted by atomic mass is 32.1. The lowest BCUT2D eigenvalue weighted by molar-refractivity contribution is -0.206. The van der Waals surface area contributed by atoms with Crippen molar-refractivity contribution in [1.82, 2.24) is 0 Å². The van der Waals surface area contributed by atoms with E-state index in [-0.39, 0.29) is 17.7 Å². The first kappa shape index (κ1) is 31.9. The summed E-state index contributed by atoms with van der Waals surface area (Å²) in [6.45, 7) is 4.19. The van der Waals surface area contributed by atoms with Gasteiger partial charge in [0.1, 0.15) is 10.6 Å². The molecule has 0 spiro atoms. The molecule has 1 heterocycles. The molecule has 1 aromatic heterocycles. The third-order valence-electron chi connectivity index (χ3n) is 6.37. The largest absolute Gasteiger partial charge is 0.449 e. The number of aryl methyl sites for hydroxylation is 1. The Morgan fingerprint density at radius 2 is 1.34 bits per heavy atom. The first-order chi connectivity index (χ1) is 18.2. The topological polar surface area (TPSA) is 52.6 Å². The lowest BCUT2D eigenvalue weighted by Gasteiger charge is -2.20. The van der Waals surface area contributed by atoms with Gasteiger partial charge in [-0.3, -0.25) is 0 Å². The monoisotopic (exact) mass is 554 g/mol. The molecule has 1 aromatic carbocycles. The maximum Gasteiger partial charge on any atom is 0.425 e. The van der Waals surface area contributed by atoms with Crippen LogP contribution in [0, 0.1) is 0 Å². The molecule has 2 aromatic rings. The van der Waals surface area contributed by atoms with E-state index in [1.54, 1.807) is 6.07 Å². The summed E-state index contributed by atoms with van der Waals surface area (Å²) in [6.07, 6.45) is 6.64. The number of hydrogen-bond donors (Lipinski definition) is 0. The Kier molecular flexibility index (Phi) is 14.5. The minimum atomic E-state index is -4.62. The number of carbonyl (C=O) groups excluding carboxylic acids is 2. The van der Waals surface area contributed by atoms with E-state index in [1.165, 1.54) is 80.5 Å². The molecule has 0 radical (unpaired) electrons. The van der Waals surface area contributed by atoms with E-state index < -0.39 is 24.2 Å². The summed E-state index contributed by atoms with van der Waals surface area (Å²) >= 11 is 1.41. The van der Waals surface area contributed by atoms with Gasteiger partial charge in [0.25, 0.3) is 0 Å². The van der Waals surface area contributed by atoms with Crippen molar-refractivity contribution in [2.24, 2.45) is 0 Å². The Balaban J connectivity index is 1.80. The number of ether oxygens (including phenoxy) is 2. The van der Waals surface area contributed by atoms with Crippen LogP contribution in [0.2, 0.25) is 0 Å². The Morgan fingerprint density at radius 1 is 0.763 bits per heavy atom. The van der Waals surface area contributed by atoms with Crippen molar-refractivity contribution in [3.05, 3.63) is 51.7 Å². The van der Waals surface area contributed by atoms with E-state index in [4.69, 9.17) is 9.47 Å². The van der Waals surface area contributed by atoms with E-state index in [1.807, 2.05) is 13.0 Å². The standard InChI is InChI=1S/C30H41F3O4S/c1-3-5-7-9-10-11-12-13-15-25-21-22-26(38-25)29(35)36-24-19-17-23(18-20-24)28(34)37-27(30(31,32)33)16-14-8-6-4-2/h17-22,27H,3-16H2,1-2H3. The summed E-state index contributed by atoms with van der Waals surface area (Å²) < 4.78 is 50.1. The Labute approximate surface area is 228 Å². The molecule has 4 nitrogen and oxygen atoms in total. The van der Waals surface area contributed by atoms with Crippen LogP contribution >= 0.6 is 11.3 Å². The van der Waals surface area contributed by atoms with Crippen molar-refractivity contribution in [3.8, 4) is 5.75 Å². The maximum atomic E-state index is 13.3. The number of benzene rings is 1. The first-order valence-electron chi connectivity index (χ1n) is 13.9. The molecule has 0 saturated heterocycles. The van der Waals surface area contributed by atoms with E-state index >= 15 is 0 Å². The summed E-state index contributed by atoms with van der Waals surface area (Å²) in [7, 11) is 0. The lowest BCUT2D eigenvalue weighted by atomic mass is 10.1. The molecule has 0 aliphatic heterocycles. The summed E-state index contributed by atoms with van der Waals surface area (Å²) in [6, 6.07) is 9.06. The van der Waals surface area contributed by atoms with Crippen LogP contribution in [0.3, 0.4) is 0 Å². The molecule has 1 unspecified atom stereocenters. The highest BCUT2D eigenvalue weighted by molar-refractivity contribution is 7.13. The lowest BCUT2D eigenvalue weighted by Crippen LogP contribution is -2.33. The van der Waals surface area contributed by atoms with E-state index in [2.05, 4.69) is 6.92 Å². The zero-order chi connectivity index (χ0) is 27.8. The first-order valence-corrected chi connectivity index (χ1v) is 14.7. The number of thiophene rings is 1. The molecule has 0 amide bonds. The molecule has 1 atom stereocenters. The summed E-state index contributed by atoms with van der Waals surface area (Å²) in [5.41, 5.74) is -0.0311. The number of unbranched alkanes of at least 4 members (excludes halogenated alkanes) is 10. The van der Waals surface area contributed by atoms with Crippen LogP contribution in [0.25, 0.3) is 0 Å². The number of rotatable bonds is 18. The van der Waals surface area contributed by atoms with Gasteiger partial charge in [-0.15, -0.1) is 11.3 Å². The van der Waals surface area contributed by atoms with E-state index in [0.717, 1.165) is 30.6 Å². The molecule has 212 valence electrons. The Morgan fingerprint density at radius 3 is 1.95 bits per heavy atom. The fraction of sp³-hybridized carbons (Fsp3) is 0.600. The van der Waals surface area contributed by atoms with Crippen LogP contribution in [0.15, 0.2) is 36.4 Å². The molecular weight excluding hydrogens is 513 g/mol. The van der Waals surface area contributed by atoms with Crippen LogP contribution in [0.4, 0.5) is 13.2 Å². The minimum Gasteiger partial charge on any atom is -0.449 e. The highest BCUT2D eigenvalue weighted by Gasteiger charge is 2.42. The van der Waals surface area contributed by atoms with Crippen molar-refractivity contribution in [2.45, 2.75) is 116 Å². The molecular formula is C30H41F3O4S. The van der Waals surface area contributed by atoms with E-state index in [9.17, 15) is 22.8 Å². The quantitative estimate of drug-likeness (QED) is 0.105. The number of hydrogen-bond acceptors (Lipinski definition) is 5. The Bertz CT molecular complexity index is 953. The minimum absolute atomic E-state index is 0.0311. The van der Waals surface area contributed by atoms with Gasteiger partial charge in [0.05, 0.1) is 5.56 Å². The van der Waals surface area contributed by atoms with Gasteiger partial charge in [0, 0.05) is 4.88 Å². The van der Waals surface area contributed by atoms with Crippen LogP contribution in [-0.2, 0) is 11.2 Å². The van der Waals surface area contributed by atoms with Gasteiger partial charge in [-0.25, -0.2) is 9.59 Å². The van der Waals surface area contributed by atoms with Gasteiger partial charge in [-0.05, 0) is 62.1 Å². The van der Waals surface area contributed by atoms with Crippen molar-refractivity contribution in [3.63, 3.8) is 0 Å². The van der Waals surface area contributed by atoms with Crippen LogP contribution < -0.4 is 4.74 Å². The number of halogens is 3. The SMILES string of the molecule is CCCCCCCCCCc1ccc(C(=O)Oc2ccc(C(=O)OC(CCCCCC)C(F)(F)F)cc2)s1. The zero-order valence-electron chi connectivity index (χ0n) is 22.6. The average Bonchev–Trinajstić information content (AvgIpc) is 3.36. The van der Waals surface area contributed by atoms with Gasteiger partial charge >= 0.3 is 18.1 Å². The molecule has 0 bridgehead atoms. The fourth-order valence-electron chi connectivity index (χ4n) is 4.11. The summed E-state index contributed by atoms with van der Waals surface area (Å²) in [4.78, 5) is 26.4. The predicted molar refractivity (Wildman–Crippen MR) is 146 cm³/mol. The Hall–Kier alpha value is -2.35. The van der Waals surface area contributed by atoms with Gasteiger partial charge < -0.3 is 9.47 Å².